The molecule has 0 spiro atoms. The van der Waals surface area contributed by atoms with Gasteiger partial charge in [-0.2, -0.15) is 0 Å². The lowest BCUT2D eigenvalue weighted by Crippen LogP contribution is -2.55. The van der Waals surface area contributed by atoms with Crippen molar-refractivity contribution in [2.75, 3.05) is 39.9 Å². The second-order valence-electron chi connectivity index (χ2n) is 7.11. The van der Waals surface area contributed by atoms with Crippen molar-refractivity contribution in [3.8, 4) is 0 Å². The highest BCUT2D eigenvalue weighted by Gasteiger charge is 2.35. The number of nitrogens with one attached hydrogen (secondary N) is 1. The molecule has 2 aliphatic rings. The van der Waals surface area contributed by atoms with Crippen LogP contribution in [0.2, 0.25) is 0 Å². The van der Waals surface area contributed by atoms with E-state index in [0.29, 0.717) is 18.7 Å². The van der Waals surface area contributed by atoms with Crippen LogP contribution in [-0.2, 0) is 9.53 Å². The Bertz CT molecular complexity index is 577. The first kappa shape index (κ1) is 18.3. The molecule has 1 N–H and O–H groups in total. The number of hydrogen-bond donors (Lipinski definition) is 1. The first-order valence-corrected chi connectivity index (χ1v) is 9.11. The average Bonchev–Trinajstić information content (AvgIpc) is 3.40. The molecule has 138 valence electrons. The number of amides is 1. The molecule has 1 aliphatic heterocycles. The molecule has 0 bridgehead atoms. The molecule has 1 aliphatic carbocycles. The summed E-state index contributed by atoms with van der Waals surface area (Å²) in [5.41, 5.74) is 0.858. The van der Waals surface area contributed by atoms with E-state index < -0.39 is 0 Å². The highest BCUT2D eigenvalue weighted by molar-refractivity contribution is 5.83. The van der Waals surface area contributed by atoms with Gasteiger partial charge in [0.2, 0.25) is 5.91 Å². The quantitative estimate of drug-likeness (QED) is 0.815. The minimum Gasteiger partial charge on any atom is -0.383 e. The molecule has 0 aromatic heterocycles. The SMILES string of the molecule is COCCN1CCN(C(C(=O)NC2CC2)c2ccc(F)cc2)CC1C. The summed E-state index contributed by atoms with van der Waals surface area (Å²) < 4.78 is 18.5. The zero-order chi connectivity index (χ0) is 17.8. The van der Waals surface area contributed by atoms with Crippen LogP contribution in [0.3, 0.4) is 0 Å². The fourth-order valence-electron chi connectivity index (χ4n) is 3.48. The van der Waals surface area contributed by atoms with E-state index in [9.17, 15) is 9.18 Å². The molecule has 0 radical (unpaired) electrons. The number of halogens is 1. The third kappa shape index (κ3) is 4.77. The smallest absolute Gasteiger partial charge is 0.242 e. The summed E-state index contributed by atoms with van der Waals surface area (Å²) in [6.07, 6.45) is 2.12. The number of carbonyl (C=O) groups excluding carboxylic acids is 1. The van der Waals surface area contributed by atoms with Crippen molar-refractivity contribution in [2.24, 2.45) is 0 Å². The van der Waals surface area contributed by atoms with Crippen molar-refractivity contribution in [3.05, 3.63) is 35.6 Å². The van der Waals surface area contributed by atoms with Gasteiger partial charge in [-0.15, -0.1) is 0 Å². The predicted octanol–water partition coefficient (Wildman–Crippen LogP) is 1.80. The maximum absolute atomic E-state index is 13.3. The summed E-state index contributed by atoms with van der Waals surface area (Å²) in [6.45, 7) is 6.33. The van der Waals surface area contributed by atoms with E-state index in [-0.39, 0.29) is 17.8 Å². The molecule has 5 nitrogen and oxygen atoms in total. The lowest BCUT2D eigenvalue weighted by Gasteiger charge is -2.42. The van der Waals surface area contributed by atoms with Crippen LogP contribution in [0.1, 0.15) is 31.4 Å². The second-order valence-corrected chi connectivity index (χ2v) is 7.11. The average molecular weight is 349 g/mol. The van der Waals surface area contributed by atoms with E-state index in [2.05, 4.69) is 22.0 Å². The monoisotopic (exact) mass is 349 g/mol. The first-order valence-electron chi connectivity index (χ1n) is 9.11. The zero-order valence-corrected chi connectivity index (χ0v) is 15.1. The number of hydrogen-bond acceptors (Lipinski definition) is 4. The van der Waals surface area contributed by atoms with Gasteiger partial charge in [0.05, 0.1) is 6.61 Å². The Balaban J connectivity index is 1.72. The van der Waals surface area contributed by atoms with Crippen LogP contribution in [0.4, 0.5) is 4.39 Å². The van der Waals surface area contributed by atoms with Crippen molar-refractivity contribution in [1.29, 1.82) is 0 Å². The highest BCUT2D eigenvalue weighted by atomic mass is 19.1. The molecule has 1 saturated heterocycles. The number of benzene rings is 1. The molecule has 6 heteroatoms. The predicted molar refractivity (Wildman–Crippen MR) is 94.8 cm³/mol. The van der Waals surface area contributed by atoms with Gasteiger partial charge < -0.3 is 10.1 Å². The summed E-state index contributed by atoms with van der Waals surface area (Å²) >= 11 is 0. The molecular formula is C19H28FN3O2. The Morgan fingerprint density at radius 3 is 2.64 bits per heavy atom. The first-order chi connectivity index (χ1) is 12.1. The van der Waals surface area contributed by atoms with Gasteiger partial charge in [-0.3, -0.25) is 14.6 Å². The third-order valence-corrected chi connectivity index (χ3v) is 5.10. The molecule has 1 aromatic rings. The minimum atomic E-state index is -0.353. The van der Waals surface area contributed by atoms with Gasteiger partial charge in [0, 0.05) is 45.4 Å². The lowest BCUT2D eigenvalue weighted by molar-refractivity contribution is -0.128. The van der Waals surface area contributed by atoms with Crippen molar-refractivity contribution < 1.29 is 13.9 Å². The molecule has 1 aromatic carbocycles. The van der Waals surface area contributed by atoms with Crippen molar-refractivity contribution in [3.63, 3.8) is 0 Å². The number of ether oxygens (including phenoxy) is 1. The molecule has 2 atom stereocenters. The second kappa shape index (κ2) is 8.25. The van der Waals surface area contributed by atoms with E-state index in [0.717, 1.165) is 44.6 Å². The summed E-state index contributed by atoms with van der Waals surface area (Å²) in [6, 6.07) is 6.64. The molecular weight excluding hydrogens is 321 g/mol. The molecule has 25 heavy (non-hydrogen) atoms. The standard InChI is InChI=1S/C19H28FN3O2/c1-14-13-23(10-9-22(14)11-12-25-2)18(19(24)21-17-7-8-17)15-3-5-16(20)6-4-15/h3-6,14,17-18H,7-13H2,1-2H3,(H,21,24). The van der Waals surface area contributed by atoms with Gasteiger partial charge in [0.15, 0.2) is 0 Å². The lowest BCUT2D eigenvalue weighted by atomic mass is 10.0. The fourth-order valence-corrected chi connectivity index (χ4v) is 3.48. The van der Waals surface area contributed by atoms with Gasteiger partial charge in [-0.1, -0.05) is 12.1 Å². The summed E-state index contributed by atoms with van der Waals surface area (Å²) in [4.78, 5) is 17.5. The van der Waals surface area contributed by atoms with Gasteiger partial charge in [0.1, 0.15) is 11.9 Å². The van der Waals surface area contributed by atoms with Crippen LogP contribution >= 0.6 is 0 Å². The number of nitrogens with zero attached hydrogens (tertiary/aromatic N) is 2. The summed E-state index contributed by atoms with van der Waals surface area (Å²) in [5, 5.41) is 3.12. The van der Waals surface area contributed by atoms with Gasteiger partial charge in [-0.05, 0) is 37.5 Å². The van der Waals surface area contributed by atoms with E-state index in [1.54, 1.807) is 19.2 Å². The molecule has 1 amide bonds. The van der Waals surface area contributed by atoms with E-state index in [1.807, 2.05) is 0 Å². The van der Waals surface area contributed by atoms with Gasteiger partial charge >= 0.3 is 0 Å². The molecule has 3 rings (SSSR count). The number of piperazine rings is 1. The third-order valence-electron chi connectivity index (χ3n) is 5.10. The van der Waals surface area contributed by atoms with Crippen LogP contribution in [0.5, 0.6) is 0 Å². The number of carbonyl (C=O) groups is 1. The minimum absolute atomic E-state index is 0.0339. The van der Waals surface area contributed by atoms with E-state index >= 15 is 0 Å². The van der Waals surface area contributed by atoms with E-state index in [4.69, 9.17) is 4.74 Å². The topological polar surface area (TPSA) is 44.8 Å². The summed E-state index contributed by atoms with van der Waals surface area (Å²) in [5.74, 6) is -0.241. The van der Waals surface area contributed by atoms with Crippen molar-refractivity contribution in [1.82, 2.24) is 15.1 Å². The Labute approximate surface area is 149 Å². The summed E-state index contributed by atoms with van der Waals surface area (Å²) in [7, 11) is 1.72. The van der Waals surface area contributed by atoms with Gasteiger partial charge in [-0.25, -0.2) is 4.39 Å². The molecule has 2 unspecified atom stereocenters. The van der Waals surface area contributed by atoms with Crippen LogP contribution in [0.15, 0.2) is 24.3 Å². The van der Waals surface area contributed by atoms with Crippen molar-refractivity contribution in [2.45, 2.75) is 37.9 Å². The van der Waals surface area contributed by atoms with Crippen molar-refractivity contribution >= 4 is 5.91 Å². The maximum Gasteiger partial charge on any atom is 0.242 e. The molecule has 2 fully saturated rings. The van der Waals surface area contributed by atoms with Crippen LogP contribution < -0.4 is 5.32 Å². The van der Waals surface area contributed by atoms with Gasteiger partial charge in [0.25, 0.3) is 0 Å². The number of methoxy groups -OCH3 is 1. The Kier molecular flexibility index (Phi) is 6.04. The fraction of sp³-hybridized carbons (Fsp3) is 0.632. The van der Waals surface area contributed by atoms with E-state index in [1.165, 1.54) is 12.1 Å². The maximum atomic E-state index is 13.3. The Morgan fingerprint density at radius 2 is 2.04 bits per heavy atom. The van der Waals surface area contributed by atoms with Crippen LogP contribution in [-0.4, -0.2) is 67.7 Å². The van der Waals surface area contributed by atoms with Crippen LogP contribution in [0, 0.1) is 5.82 Å². The largest absolute Gasteiger partial charge is 0.383 e. The number of rotatable bonds is 7. The highest BCUT2D eigenvalue weighted by Crippen LogP contribution is 2.27. The Morgan fingerprint density at radius 1 is 1.32 bits per heavy atom. The zero-order valence-electron chi connectivity index (χ0n) is 15.1. The normalized spacial score (nSPS) is 23.4. The molecule has 1 heterocycles. The van der Waals surface area contributed by atoms with Crippen LogP contribution in [0.25, 0.3) is 0 Å². The molecule has 1 saturated carbocycles. The Hall–Kier alpha value is -1.50.